The first-order valence-corrected chi connectivity index (χ1v) is 31.0. The molecule has 1 fully saturated rings. The van der Waals surface area contributed by atoms with Crippen LogP contribution in [-0.4, -0.2) is 115 Å². The fourth-order valence-electron chi connectivity index (χ4n) is 9.16. The summed E-state index contributed by atoms with van der Waals surface area (Å²) in [5.41, 5.74) is 8.15. The number of pyridine rings is 1. The Morgan fingerprint density at radius 3 is 2.19 bits per heavy atom. The zero-order valence-corrected chi connectivity index (χ0v) is 49.4. The highest BCUT2D eigenvalue weighted by Crippen LogP contribution is 2.40. The third kappa shape index (κ3) is 13.6. The Bertz CT molecular complexity index is 3720. The second kappa shape index (κ2) is 26.3. The number of hydrogen-bond acceptors (Lipinski definition) is 23. The molecule has 83 heavy (non-hydrogen) atoms. The SMILES string of the molecule is CNC(=O)C[C@@H]1NC(=O)c2csc(n2)-c2ccc(-c3nc(NC(=O)[C@H]4CC[C@H](C(=O)NCCN)CC4)cs3)nc2-c2csc(n2)-c2csc(n2)[C@H]([C@@H](O)c2ccccc2)NC(=O)CNC(=O)c2nc(sc2COC)NC(=O)c2nc1sc2C. The zero-order chi connectivity index (χ0) is 58.3. The normalized spacial score (nSPS) is 18.0. The summed E-state index contributed by atoms with van der Waals surface area (Å²) in [4.78, 5) is 129. The maximum absolute atomic E-state index is 14.2. The Morgan fingerprint density at radius 2 is 1.43 bits per heavy atom. The lowest BCUT2D eigenvalue weighted by atomic mass is 9.81. The van der Waals surface area contributed by atoms with Crippen LogP contribution in [0.15, 0.2) is 64.0 Å². The minimum Gasteiger partial charge on any atom is -0.386 e. The number of thiazole rings is 6. The molecule has 1 aromatic carbocycles. The van der Waals surface area contributed by atoms with Gasteiger partial charge in [-0.3, -0.25) is 38.9 Å². The quantitative estimate of drug-likeness (QED) is 0.0652. The van der Waals surface area contributed by atoms with Crippen LogP contribution in [0.3, 0.4) is 0 Å². The molecule has 1 aliphatic carbocycles. The topological polar surface area (TPSA) is 349 Å². The molecule has 8 aromatic rings. The Morgan fingerprint density at radius 1 is 0.723 bits per heavy atom. The van der Waals surface area contributed by atoms with Gasteiger partial charge >= 0.3 is 0 Å². The molecule has 30 heteroatoms. The third-order valence-electron chi connectivity index (χ3n) is 13.4. The number of hydrogen-bond donors (Lipinski definition) is 9. The van der Waals surface area contributed by atoms with Crippen LogP contribution >= 0.6 is 68.0 Å². The number of ether oxygens (including phenoxy) is 1. The van der Waals surface area contributed by atoms with Gasteiger partial charge in [0.25, 0.3) is 17.7 Å². The van der Waals surface area contributed by atoms with Gasteiger partial charge in [0.1, 0.15) is 77.2 Å². The predicted octanol–water partition coefficient (Wildman–Crippen LogP) is 6.26. The van der Waals surface area contributed by atoms with Gasteiger partial charge in [0, 0.05) is 71.0 Å². The minimum atomic E-state index is -1.28. The number of carbonyl (C=O) groups is 7. The van der Waals surface area contributed by atoms with Crippen LogP contribution in [0.1, 0.15) is 107 Å². The molecule has 1 aliphatic heterocycles. The summed E-state index contributed by atoms with van der Waals surface area (Å²) in [6.45, 7) is 1.84. The highest BCUT2D eigenvalue weighted by Gasteiger charge is 2.33. The summed E-state index contributed by atoms with van der Waals surface area (Å²) in [5, 5.41) is 40.1. The van der Waals surface area contributed by atoms with Crippen molar-refractivity contribution in [3.8, 4) is 43.4 Å². The zero-order valence-electron chi connectivity index (χ0n) is 44.5. The smallest absolute Gasteiger partial charge is 0.277 e. The molecule has 3 atom stereocenters. The second-order valence-electron chi connectivity index (χ2n) is 19.0. The van der Waals surface area contributed by atoms with Crippen LogP contribution in [-0.2, 0) is 30.5 Å². The van der Waals surface area contributed by atoms with Gasteiger partial charge in [0.2, 0.25) is 23.6 Å². The van der Waals surface area contributed by atoms with Gasteiger partial charge in [0.05, 0.1) is 36.2 Å². The molecule has 0 unspecified atom stereocenters. The van der Waals surface area contributed by atoms with Crippen molar-refractivity contribution in [2.75, 3.05) is 44.4 Å². The number of aliphatic hydroxyl groups excluding tert-OH is 1. The van der Waals surface area contributed by atoms with Crippen molar-refractivity contribution in [1.82, 2.24) is 61.5 Å². The van der Waals surface area contributed by atoms with E-state index in [4.69, 9.17) is 35.4 Å². The molecular formula is C53H53N15O9S6. The van der Waals surface area contributed by atoms with Crippen molar-refractivity contribution in [3.05, 3.63) is 106 Å². The summed E-state index contributed by atoms with van der Waals surface area (Å²) >= 11 is 7.00. The number of carbonyl (C=O) groups excluding carboxylic acids is 7. The number of aryl methyl sites for hydroxylation is 1. The summed E-state index contributed by atoms with van der Waals surface area (Å²) in [6, 6.07) is 10.2. The molecular weight excluding hydrogens is 1180 g/mol. The Hall–Kier alpha value is -7.68. The predicted molar refractivity (Wildman–Crippen MR) is 316 cm³/mol. The van der Waals surface area contributed by atoms with Gasteiger partial charge in [-0.1, -0.05) is 41.7 Å². The number of nitrogens with one attached hydrogen (secondary N) is 7. The molecule has 2 aliphatic rings. The molecule has 0 spiro atoms. The maximum Gasteiger partial charge on any atom is 0.277 e. The molecule has 8 heterocycles. The number of methoxy groups -OCH3 is 1. The fraction of sp³-hybridized carbons (Fsp3) is 0.321. The van der Waals surface area contributed by atoms with Crippen molar-refractivity contribution in [2.24, 2.45) is 17.6 Å². The average molecular weight is 1240 g/mol. The van der Waals surface area contributed by atoms with E-state index in [9.17, 15) is 38.7 Å². The summed E-state index contributed by atoms with van der Waals surface area (Å²) < 4.78 is 5.34. The largest absolute Gasteiger partial charge is 0.386 e. The molecule has 0 radical (unpaired) electrons. The first kappa shape index (κ1) is 58.5. The standard InChI is InChI=1S/C53H53N15O9S6/c1-24-38-47(76)68-53-67-40(34(83-53)19-77-3)46(75)57-18-37(70)65-41(42(71)25-7-5-4-6-8-25)52-62-33(22-80-52)50-60-31(20-79-50)39-28(48-61-32(21-78-48)45(74)59-30(17-36(69)55-2)51(66-38)82-24)13-14-29(58-39)49-64-35(23-81-49)63-44(73)27-11-9-26(10-12-27)43(72)56-16-15-54/h4-8,13-14,20-23,26-27,30,41-42,71H,9-12,15-19,54H2,1-3H3,(H,55,69)(H,56,72)(H,57,75)(H,59,74)(H,63,73)(H,65,70)(H,67,68,76)/t26-,27-,30-,41-,42-/m0/s1. The van der Waals surface area contributed by atoms with Gasteiger partial charge < -0.3 is 47.5 Å². The molecule has 24 nitrogen and oxygen atoms in total. The molecule has 7 aromatic heterocycles. The number of amides is 7. The molecule has 430 valence electrons. The van der Waals surface area contributed by atoms with Gasteiger partial charge in [-0.2, -0.15) is 0 Å². The van der Waals surface area contributed by atoms with E-state index >= 15 is 0 Å². The van der Waals surface area contributed by atoms with E-state index in [2.05, 4.69) is 47.2 Å². The van der Waals surface area contributed by atoms with E-state index in [1.165, 1.54) is 59.5 Å². The number of benzene rings is 1. The van der Waals surface area contributed by atoms with E-state index in [1.807, 2.05) is 0 Å². The summed E-state index contributed by atoms with van der Waals surface area (Å²) in [6.07, 6.45) is 0.765. The summed E-state index contributed by atoms with van der Waals surface area (Å²) in [5.74, 6) is -3.44. The maximum atomic E-state index is 14.2. The number of nitrogens with zero attached hydrogens (tertiary/aromatic N) is 7. The van der Waals surface area contributed by atoms with E-state index in [-0.39, 0.29) is 63.9 Å². The Kier molecular flexibility index (Phi) is 18.5. The van der Waals surface area contributed by atoms with Crippen LogP contribution < -0.4 is 43.0 Å². The Labute approximate surface area is 497 Å². The average Bonchev–Trinajstić information content (AvgIpc) is 4.48. The van der Waals surface area contributed by atoms with Crippen molar-refractivity contribution in [1.29, 1.82) is 0 Å². The third-order valence-corrected chi connectivity index (χ3v) is 19.0. The van der Waals surface area contributed by atoms with Crippen LogP contribution in [0, 0.1) is 18.8 Å². The molecule has 10 rings (SSSR count). The number of aromatic nitrogens is 7. The molecule has 10 bridgehead atoms. The van der Waals surface area contributed by atoms with Gasteiger partial charge in [-0.15, -0.1) is 56.7 Å². The van der Waals surface area contributed by atoms with E-state index < -0.39 is 54.3 Å². The lowest BCUT2D eigenvalue weighted by Crippen LogP contribution is -2.40. The van der Waals surface area contributed by atoms with E-state index in [1.54, 1.807) is 70.9 Å². The van der Waals surface area contributed by atoms with Crippen LogP contribution in [0.2, 0.25) is 0 Å². The fourth-order valence-corrected chi connectivity index (χ4v) is 14.3. The van der Waals surface area contributed by atoms with Gasteiger partial charge in [-0.25, -0.2) is 34.9 Å². The number of nitrogens with two attached hydrogens (primary N) is 1. The lowest BCUT2D eigenvalue weighted by Gasteiger charge is -2.26. The minimum absolute atomic E-state index is 0.0104. The lowest BCUT2D eigenvalue weighted by molar-refractivity contribution is -0.128. The first-order chi connectivity index (χ1) is 40.2. The van der Waals surface area contributed by atoms with E-state index in [0.29, 0.717) is 108 Å². The monoisotopic (exact) mass is 1240 g/mol. The molecule has 7 amide bonds. The highest BCUT2D eigenvalue weighted by molar-refractivity contribution is 7.16. The van der Waals surface area contributed by atoms with Crippen LogP contribution in [0.25, 0.3) is 43.4 Å². The number of rotatable bonds is 12. The number of aliphatic hydroxyl groups is 1. The number of anilines is 2. The van der Waals surface area contributed by atoms with Crippen LogP contribution in [0.4, 0.5) is 10.9 Å². The molecule has 1 saturated carbocycles. The van der Waals surface area contributed by atoms with Gasteiger partial charge in [-0.05, 0) is 50.3 Å². The first-order valence-electron chi connectivity index (χ1n) is 25.9. The van der Waals surface area contributed by atoms with Crippen molar-refractivity contribution in [2.45, 2.75) is 63.8 Å². The Balaban J connectivity index is 0.999. The van der Waals surface area contributed by atoms with Gasteiger partial charge in [0.15, 0.2) is 5.13 Å². The van der Waals surface area contributed by atoms with Crippen molar-refractivity contribution in [3.63, 3.8) is 0 Å². The highest BCUT2D eigenvalue weighted by atomic mass is 32.1. The van der Waals surface area contributed by atoms with Crippen molar-refractivity contribution < 1.29 is 43.4 Å². The van der Waals surface area contributed by atoms with Crippen molar-refractivity contribution >= 4 is 120 Å². The number of fused-ring (bicyclic) bond motifs is 14. The molecule has 10 N–H and O–H groups in total. The summed E-state index contributed by atoms with van der Waals surface area (Å²) in [7, 11) is 2.89. The van der Waals surface area contributed by atoms with Crippen LogP contribution in [0.5, 0.6) is 0 Å². The van der Waals surface area contributed by atoms with E-state index in [0.717, 1.165) is 22.7 Å². The molecule has 0 saturated heterocycles. The second-order valence-corrected chi connectivity index (χ2v) is 24.8.